The Morgan fingerprint density at radius 2 is 1.50 bits per heavy atom. The topological polar surface area (TPSA) is 81.0 Å². The monoisotopic (exact) mass is 469 g/mol. The largest absolute Gasteiger partial charge is 0.274 e. The van der Waals surface area contributed by atoms with Gasteiger partial charge in [0.2, 0.25) is 0 Å². The van der Waals surface area contributed by atoms with Crippen molar-refractivity contribution in [1.82, 2.24) is 24.6 Å². The Hall–Kier alpha value is -3.78. The van der Waals surface area contributed by atoms with Crippen molar-refractivity contribution in [2.24, 2.45) is 0 Å². The van der Waals surface area contributed by atoms with Gasteiger partial charge in [0.1, 0.15) is 0 Å². The van der Waals surface area contributed by atoms with E-state index in [1.54, 1.807) is 48.4 Å². The highest BCUT2D eigenvalue weighted by Crippen LogP contribution is 2.29. The van der Waals surface area contributed by atoms with Crippen LogP contribution < -0.4 is 0 Å². The minimum absolute atomic E-state index is 0.200. The number of imide groups is 1. The van der Waals surface area contributed by atoms with Crippen LogP contribution in [0.25, 0.3) is 17.1 Å². The highest BCUT2D eigenvalue weighted by Gasteiger charge is 2.34. The highest BCUT2D eigenvalue weighted by molar-refractivity contribution is 7.99. The van der Waals surface area contributed by atoms with Crippen molar-refractivity contribution in [3.05, 3.63) is 89.7 Å². The number of benzene rings is 2. The lowest BCUT2D eigenvalue weighted by Gasteiger charge is -2.13. The standard InChI is InChI=1S/C26H23N5O2S/c1-18-8-10-20(11-9-18)31-23(19-12-14-27-15-13-19)28-29-26(31)34-17-5-4-16-30-24(32)21-6-2-3-7-22(21)25(30)33/h2-3,6-15H,4-5,16-17H2,1H3. The lowest BCUT2D eigenvalue weighted by atomic mass is 10.1. The molecular weight excluding hydrogens is 446 g/mol. The fraction of sp³-hybridized carbons (Fsp3) is 0.192. The quantitative estimate of drug-likeness (QED) is 0.209. The summed E-state index contributed by atoms with van der Waals surface area (Å²) in [4.78, 5) is 30.5. The summed E-state index contributed by atoms with van der Waals surface area (Å²) in [7, 11) is 0. The Morgan fingerprint density at radius 3 is 2.18 bits per heavy atom. The van der Waals surface area contributed by atoms with Crippen LogP contribution >= 0.6 is 11.8 Å². The van der Waals surface area contributed by atoms with Crippen molar-refractivity contribution < 1.29 is 9.59 Å². The predicted octanol–water partition coefficient (Wildman–Crippen LogP) is 4.81. The van der Waals surface area contributed by atoms with Crippen LogP contribution in [0.15, 0.2) is 78.2 Å². The molecule has 0 spiro atoms. The van der Waals surface area contributed by atoms with Gasteiger partial charge in [-0.25, -0.2) is 0 Å². The molecule has 0 fully saturated rings. The molecule has 0 bridgehead atoms. The summed E-state index contributed by atoms with van der Waals surface area (Å²) >= 11 is 1.62. The van der Waals surface area contributed by atoms with E-state index in [0.29, 0.717) is 17.7 Å². The van der Waals surface area contributed by atoms with Crippen LogP contribution in [-0.4, -0.2) is 48.8 Å². The molecule has 34 heavy (non-hydrogen) atoms. The first-order valence-corrected chi connectivity index (χ1v) is 12.1. The molecule has 0 unspecified atom stereocenters. The Morgan fingerprint density at radius 1 is 0.824 bits per heavy atom. The van der Waals surface area contributed by atoms with Crippen molar-refractivity contribution in [2.45, 2.75) is 24.9 Å². The molecule has 0 saturated heterocycles. The zero-order chi connectivity index (χ0) is 23.5. The number of rotatable bonds is 8. The zero-order valence-electron chi connectivity index (χ0n) is 18.7. The average Bonchev–Trinajstić information content (AvgIpc) is 3.40. The number of pyridine rings is 1. The molecule has 2 amide bonds. The second kappa shape index (κ2) is 9.61. The van der Waals surface area contributed by atoms with Crippen LogP contribution in [0.3, 0.4) is 0 Å². The molecule has 170 valence electrons. The number of hydrogen-bond donors (Lipinski definition) is 0. The molecule has 0 radical (unpaired) electrons. The Kier molecular flexibility index (Phi) is 6.22. The SMILES string of the molecule is Cc1ccc(-n2c(SCCCCN3C(=O)c4ccccc4C3=O)nnc2-c2ccncc2)cc1. The highest BCUT2D eigenvalue weighted by atomic mass is 32.2. The molecule has 1 aliphatic heterocycles. The van der Waals surface area contributed by atoms with Gasteiger partial charge in [0, 0.05) is 35.9 Å². The molecule has 1 aliphatic rings. The number of amides is 2. The third-order valence-electron chi connectivity index (χ3n) is 5.75. The molecule has 4 aromatic rings. The summed E-state index contributed by atoms with van der Waals surface area (Å²) in [5.74, 6) is 1.16. The fourth-order valence-corrected chi connectivity index (χ4v) is 4.91. The molecule has 0 N–H and O–H groups in total. The van der Waals surface area contributed by atoms with E-state index in [9.17, 15) is 9.59 Å². The number of aryl methyl sites for hydroxylation is 1. The van der Waals surface area contributed by atoms with Crippen molar-refractivity contribution in [3.63, 3.8) is 0 Å². The first-order valence-electron chi connectivity index (χ1n) is 11.1. The van der Waals surface area contributed by atoms with Gasteiger partial charge in [-0.2, -0.15) is 0 Å². The summed E-state index contributed by atoms with van der Waals surface area (Å²) in [6, 6.07) is 19.1. The third-order valence-corrected chi connectivity index (χ3v) is 6.76. The van der Waals surface area contributed by atoms with Crippen molar-refractivity contribution in [3.8, 4) is 17.1 Å². The molecule has 8 heteroatoms. The normalized spacial score (nSPS) is 12.9. The van der Waals surface area contributed by atoms with Gasteiger partial charge in [-0.1, -0.05) is 41.6 Å². The van der Waals surface area contributed by atoms with Gasteiger partial charge < -0.3 is 0 Å². The summed E-state index contributed by atoms with van der Waals surface area (Å²) in [6.07, 6.45) is 5.06. The number of thioether (sulfide) groups is 1. The van der Waals surface area contributed by atoms with Crippen molar-refractivity contribution >= 4 is 23.6 Å². The summed E-state index contributed by atoms with van der Waals surface area (Å²) < 4.78 is 2.06. The maximum atomic E-state index is 12.5. The number of carbonyl (C=O) groups excluding carboxylic acids is 2. The van der Waals surface area contributed by atoms with Crippen LogP contribution in [0.1, 0.15) is 39.1 Å². The Labute approximate surface area is 201 Å². The van der Waals surface area contributed by atoms with Gasteiger partial charge in [-0.05, 0) is 56.2 Å². The van der Waals surface area contributed by atoms with E-state index in [4.69, 9.17) is 0 Å². The smallest absolute Gasteiger partial charge is 0.261 e. The molecule has 0 saturated carbocycles. The molecular formula is C26H23N5O2S. The van der Waals surface area contributed by atoms with Crippen LogP contribution in [0, 0.1) is 6.92 Å². The second-order valence-electron chi connectivity index (χ2n) is 8.08. The molecule has 2 aromatic carbocycles. The van der Waals surface area contributed by atoms with E-state index in [2.05, 4.69) is 50.9 Å². The van der Waals surface area contributed by atoms with Crippen LogP contribution in [0.2, 0.25) is 0 Å². The lowest BCUT2D eigenvalue weighted by Crippen LogP contribution is -2.30. The van der Waals surface area contributed by atoms with Gasteiger partial charge in [-0.15, -0.1) is 10.2 Å². The number of fused-ring (bicyclic) bond motifs is 1. The third kappa shape index (κ3) is 4.24. The van der Waals surface area contributed by atoms with Crippen molar-refractivity contribution in [1.29, 1.82) is 0 Å². The Balaban J connectivity index is 1.26. The van der Waals surface area contributed by atoms with E-state index in [0.717, 1.165) is 40.8 Å². The maximum Gasteiger partial charge on any atom is 0.261 e. The van der Waals surface area contributed by atoms with E-state index >= 15 is 0 Å². The minimum Gasteiger partial charge on any atom is -0.274 e. The number of carbonyl (C=O) groups is 2. The first-order chi connectivity index (χ1) is 16.6. The molecule has 0 atom stereocenters. The number of unbranched alkanes of at least 4 members (excludes halogenated alkanes) is 1. The van der Waals surface area contributed by atoms with Gasteiger partial charge in [0.05, 0.1) is 11.1 Å². The summed E-state index contributed by atoms with van der Waals surface area (Å²) in [6.45, 7) is 2.48. The van der Waals surface area contributed by atoms with E-state index < -0.39 is 0 Å². The zero-order valence-corrected chi connectivity index (χ0v) is 19.5. The van der Waals surface area contributed by atoms with Gasteiger partial charge in [0.15, 0.2) is 11.0 Å². The first kappa shape index (κ1) is 22.0. The second-order valence-corrected chi connectivity index (χ2v) is 9.14. The average molecular weight is 470 g/mol. The van der Waals surface area contributed by atoms with Crippen LogP contribution in [0.5, 0.6) is 0 Å². The number of aromatic nitrogens is 4. The van der Waals surface area contributed by atoms with Crippen molar-refractivity contribution in [2.75, 3.05) is 12.3 Å². The molecule has 2 aromatic heterocycles. The summed E-state index contributed by atoms with van der Waals surface area (Å²) in [5.41, 5.74) is 4.12. The Bertz CT molecular complexity index is 1300. The number of hydrogen-bond acceptors (Lipinski definition) is 6. The summed E-state index contributed by atoms with van der Waals surface area (Å²) in [5, 5.41) is 9.71. The van der Waals surface area contributed by atoms with Crippen LogP contribution in [0.4, 0.5) is 0 Å². The van der Waals surface area contributed by atoms with Gasteiger partial charge in [-0.3, -0.25) is 24.0 Å². The molecule has 3 heterocycles. The molecule has 5 rings (SSSR count). The predicted molar refractivity (Wildman–Crippen MR) is 131 cm³/mol. The molecule has 7 nitrogen and oxygen atoms in total. The van der Waals surface area contributed by atoms with E-state index in [-0.39, 0.29) is 11.8 Å². The maximum absolute atomic E-state index is 12.5. The van der Waals surface area contributed by atoms with E-state index in [1.807, 2.05) is 12.1 Å². The van der Waals surface area contributed by atoms with Gasteiger partial charge >= 0.3 is 0 Å². The number of nitrogens with zero attached hydrogens (tertiary/aromatic N) is 5. The van der Waals surface area contributed by atoms with Crippen LogP contribution in [-0.2, 0) is 0 Å². The molecule has 0 aliphatic carbocycles. The van der Waals surface area contributed by atoms with E-state index in [1.165, 1.54) is 10.5 Å². The van der Waals surface area contributed by atoms with Gasteiger partial charge in [0.25, 0.3) is 11.8 Å². The fourth-order valence-electron chi connectivity index (χ4n) is 3.96. The minimum atomic E-state index is -0.200. The lowest BCUT2D eigenvalue weighted by molar-refractivity contribution is 0.0652.